The van der Waals surface area contributed by atoms with Gasteiger partial charge in [0.05, 0.1) is 11.7 Å². The van der Waals surface area contributed by atoms with Crippen molar-refractivity contribution in [1.82, 2.24) is 9.55 Å². The SMILES string of the molecule is Fc1cc(F)cc(CCn2cc(Br)c3ccncc32)c1. The van der Waals surface area contributed by atoms with Crippen molar-refractivity contribution in [3.05, 3.63) is 64.5 Å². The van der Waals surface area contributed by atoms with Gasteiger partial charge in [0.2, 0.25) is 0 Å². The molecule has 0 saturated heterocycles. The van der Waals surface area contributed by atoms with Crippen LogP contribution in [0.4, 0.5) is 8.78 Å². The summed E-state index contributed by atoms with van der Waals surface area (Å²) in [5.41, 5.74) is 1.64. The molecule has 0 unspecified atom stereocenters. The van der Waals surface area contributed by atoms with Crippen molar-refractivity contribution in [1.29, 1.82) is 0 Å². The largest absolute Gasteiger partial charge is 0.345 e. The van der Waals surface area contributed by atoms with E-state index in [2.05, 4.69) is 20.9 Å². The van der Waals surface area contributed by atoms with Crippen LogP contribution in [0.1, 0.15) is 5.56 Å². The van der Waals surface area contributed by atoms with Gasteiger partial charge in [-0.15, -0.1) is 0 Å². The first-order chi connectivity index (χ1) is 9.63. The Morgan fingerprint density at radius 3 is 2.65 bits per heavy atom. The summed E-state index contributed by atoms with van der Waals surface area (Å²) >= 11 is 3.50. The zero-order valence-corrected chi connectivity index (χ0v) is 12.1. The van der Waals surface area contributed by atoms with Crippen molar-refractivity contribution >= 4 is 26.8 Å². The van der Waals surface area contributed by atoms with Gasteiger partial charge in [-0.3, -0.25) is 4.98 Å². The predicted molar refractivity (Wildman–Crippen MR) is 77.5 cm³/mol. The second kappa shape index (κ2) is 5.32. The molecule has 0 fully saturated rings. The molecule has 0 bridgehead atoms. The van der Waals surface area contributed by atoms with Gasteiger partial charge in [-0.05, 0) is 46.1 Å². The minimum atomic E-state index is -0.541. The molecule has 0 N–H and O–H groups in total. The molecule has 0 aliphatic heterocycles. The second-order valence-electron chi connectivity index (χ2n) is 4.59. The average molecular weight is 337 g/mol. The molecule has 0 amide bonds. The molecule has 0 aliphatic carbocycles. The number of benzene rings is 1. The number of halogens is 3. The van der Waals surface area contributed by atoms with E-state index in [-0.39, 0.29) is 0 Å². The Bertz CT molecular complexity index is 747. The third-order valence-corrected chi connectivity index (χ3v) is 3.83. The van der Waals surface area contributed by atoms with Crippen molar-refractivity contribution in [3.63, 3.8) is 0 Å². The molecule has 0 atom stereocenters. The van der Waals surface area contributed by atoms with Gasteiger partial charge in [0.15, 0.2) is 0 Å². The molecule has 0 radical (unpaired) electrons. The molecule has 2 aromatic heterocycles. The molecule has 0 saturated carbocycles. The Balaban J connectivity index is 1.87. The van der Waals surface area contributed by atoms with E-state index in [0.29, 0.717) is 18.5 Å². The molecule has 0 spiro atoms. The number of rotatable bonds is 3. The lowest BCUT2D eigenvalue weighted by Crippen LogP contribution is -2.00. The summed E-state index contributed by atoms with van der Waals surface area (Å²) in [6, 6.07) is 5.54. The minimum absolute atomic E-state index is 0.541. The van der Waals surface area contributed by atoms with Gasteiger partial charge in [0.25, 0.3) is 0 Å². The van der Waals surface area contributed by atoms with Crippen molar-refractivity contribution in [2.45, 2.75) is 13.0 Å². The molecule has 20 heavy (non-hydrogen) atoms. The summed E-state index contributed by atoms with van der Waals surface area (Å²) in [4.78, 5) is 4.11. The Kier molecular flexibility index (Phi) is 3.53. The highest BCUT2D eigenvalue weighted by atomic mass is 79.9. The van der Waals surface area contributed by atoms with E-state index in [1.165, 1.54) is 12.1 Å². The van der Waals surface area contributed by atoms with Crippen molar-refractivity contribution in [2.75, 3.05) is 0 Å². The number of hydrogen-bond donors (Lipinski definition) is 0. The van der Waals surface area contributed by atoms with Crippen LogP contribution >= 0.6 is 15.9 Å². The van der Waals surface area contributed by atoms with E-state index in [1.807, 2.05) is 16.8 Å². The van der Waals surface area contributed by atoms with Crippen LogP contribution in [0.2, 0.25) is 0 Å². The van der Waals surface area contributed by atoms with Gasteiger partial charge in [-0.25, -0.2) is 8.78 Å². The molecular weight excluding hydrogens is 326 g/mol. The lowest BCUT2D eigenvalue weighted by molar-refractivity contribution is 0.577. The van der Waals surface area contributed by atoms with Gasteiger partial charge >= 0.3 is 0 Å². The number of aromatic nitrogens is 2. The zero-order valence-electron chi connectivity index (χ0n) is 10.5. The van der Waals surface area contributed by atoms with E-state index >= 15 is 0 Å². The van der Waals surface area contributed by atoms with Crippen LogP contribution in [0.25, 0.3) is 10.9 Å². The fourth-order valence-electron chi connectivity index (χ4n) is 2.28. The molecule has 102 valence electrons. The Morgan fingerprint density at radius 1 is 1.15 bits per heavy atom. The van der Waals surface area contributed by atoms with Crippen LogP contribution in [-0.2, 0) is 13.0 Å². The quantitative estimate of drug-likeness (QED) is 0.696. The molecule has 0 aliphatic rings. The first-order valence-electron chi connectivity index (χ1n) is 6.17. The van der Waals surface area contributed by atoms with Crippen LogP contribution in [-0.4, -0.2) is 9.55 Å². The summed E-state index contributed by atoms with van der Waals surface area (Å²) in [6.07, 6.45) is 6.04. The molecule has 2 heterocycles. The maximum atomic E-state index is 13.1. The molecule has 3 aromatic rings. The third kappa shape index (κ3) is 2.58. The summed E-state index contributed by atoms with van der Waals surface area (Å²) in [5.74, 6) is -1.08. The van der Waals surface area contributed by atoms with E-state index in [1.54, 1.807) is 12.4 Å². The van der Waals surface area contributed by atoms with Crippen molar-refractivity contribution in [2.24, 2.45) is 0 Å². The standard InChI is InChI=1S/C15H11BrF2N2/c16-14-9-20(15-8-19-3-1-13(14)15)4-2-10-5-11(17)7-12(18)6-10/h1,3,5-9H,2,4H2. The summed E-state index contributed by atoms with van der Waals surface area (Å²) in [6.45, 7) is 0.636. The topological polar surface area (TPSA) is 17.8 Å². The fraction of sp³-hybridized carbons (Fsp3) is 0.133. The fourth-order valence-corrected chi connectivity index (χ4v) is 2.87. The van der Waals surface area contributed by atoms with Crippen molar-refractivity contribution < 1.29 is 8.78 Å². The molecule has 1 aromatic carbocycles. The van der Waals surface area contributed by atoms with Crippen LogP contribution < -0.4 is 0 Å². The van der Waals surface area contributed by atoms with Crippen LogP contribution in [0.3, 0.4) is 0 Å². The average Bonchev–Trinajstić information content (AvgIpc) is 2.73. The number of hydrogen-bond acceptors (Lipinski definition) is 1. The first kappa shape index (κ1) is 13.2. The van der Waals surface area contributed by atoms with Gasteiger partial charge in [-0.1, -0.05) is 0 Å². The molecule has 5 heteroatoms. The molecule has 2 nitrogen and oxygen atoms in total. The monoisotopic (exact) mass is 336 g/mol. The summed E-state index contributed by atoms with van der Waals surface area (Å²) < 4.78 is 29.3. The van der Waals surface area contributed by atoms with Gasteiger partial charge in [0.1, 0.15) is 11.6 Å². The molecule has 3 rings (SSSR count). The molecular formula is C15H11BrF2N2. The van der Waals surface area contributed by atoms with Crippen LogP contribution in [0, 0.1) is 11.6 Å². The van der Waals surface area contributed by atoms with E-state index in [9.17, 15) is 8.78 Å². The number of aryl methyl sites for hydroxylation is 2. The Morgan fingerprint density at radius 2 is 1.90 bits per heavy atom. The lowest BCUT2D eigenvalue weighted by Gasteiger charge is -2.05. The van der Waals surface area contributed by atoms with Gasteiger partial charge in [0, 0.05) is 34.9 Å². The number of nitrogens with zero attached hydrogens (tertiary/aromatic N) is 2. The number of fused-ring (bicyclic) bond motifs is 1. The smallest absolute Gasteiger partial charge is 0.126 e. The predicted octanol–water partition coefficient (Wildman–Crippen LogP) is 4.32. The summed E-state index contributed by atoms with van der Waals surface area (Å²) in [7, 11) is 0. The van der Waals surface area contributed by atoms with Crippen LogP contribution in [0.15, 0.2) is 47.3 Å². The zero-order chi connectivity index (χ0) is 14.1. The Hall–Kier alpha value is -1.75. The van der Waals surface area contributed by atoms with Gasteiger partial charge < -0.3 is 4.57 Å². The normalized spacial score (nSPS) is 11.2. The second-order valence-corrected chi connectivity index (χ2v) is 5.45. The lowest BCUT2D eigenvalue weighted by atomic mass is 10.1. The third-order valence-electron chi connectivity index (χ3n) is 3.20. The van der Waals surface area contributed by atoms with E-state index < -0.39 is 11.6 Å². The highest BCUT2D eigenvalue weighted by Crippen LogP contribution is 2.25. The van der Waals surface area contributed by atoms with Gasteiger partial charge in [-0.2, -0.15) is 0 Å². The maximum absolute atomic E-state index is 13.1. The minimum Gasteiger partial charge on any atom is -0.345 e. The van der Waals surface area contributed by atoms with E-state index in [4.69, 9.17) is 0 Å². The Labute approximate surface area is 123 Å². The maximum Gasteiger partial charge on any atom is 0.126 e. The number of pyridine rings is 1. The van der Waals surface area contributed by atoms with Crippen LogP contribution in [0.5, 0.6) is 0 Å². The first-order valence-corrected chi connectivity index (χ1v) is 6.96. The van der Waals surface area contributed by atoms with Crippen molar-refractivity contribution in [3.8, 4) is 0 Å². The van der Waals surface area contributed by atoms with E-state index in [0.717, 1.165) is 21.4 Å². The highest BCUT2D eigenvalue weighted by molar-refractivity contribution is 9.10. The summed E-state index contributed by atoms with van der Waals surface area (Å²) in [5, 5.41) is 1.07. The highest BCUT2D eigenvalue weighted by Gasteiger charge is 2.07.